The Hall–Kier alpha value is -4.70. The second-order valence-corrected chi connectivity index (χ2v) is 13.7. The number of para-hydroxylation sites is 1. The van der Waals surface area contributed by atoms with Crippen LogP contribution in [0.2, 0.25) is 0 Å². The summed E-state index contributed by atoms with van der Waals surface area (Å²) in [5, 5.41) is 8.30. The lowest BCUT2D eigenvalue weighted by Crippen LogP contribution is -2.47. The van der Waals surface area contributed by atoms with Crippen molar-refractivity contribution in [2.24, 2.45) is 12.8 Å². The molecule has 6 rings (SSSR count). The lowest BCUT2D eigenvalue weighted by molar-refractivity contribution is -0.120. The van der Waals surface area contributed by atoms with Gasteiger partial charge in [0.1, 0.15) is 11.6 Å². The monoisotopic (exact) mass is 654 g/mol. The Morgan fingerprint density at radius 2 is 1.91 bits per heavy atom. The summed E-state index contributed by atoms with van der Waals surface area (Å²) in [5.74, 6) is -2.86. The van der Waals surface area contributed by atoms with Gasteiger partial charge < -0.3 is 16.0 Å². The largest absolute Gasteiger partial charge is 0.370 e. The number of amides is 2. The number of benzene rings is 2. The Labute approximate surface area is 260 Å². The standard InChI is InChI=1S/C29H28F2N8O4S2/c1-38-26-19(4-3-5-20(26)27(36-38)37-45(2,42)43)21-13-22-28(35-29(44-22)39-7-6-33-24(41)14-39)34-25(21)16(11-23(32)40)8-15-9-17(30)12-18(31)10-15/h3-5,9-10,12-13,16H,6-8,11,14H2,1-2H3,(H2,32,40)(H,33,41)(H,36,37)/t16-/m0/s1. The van der Waals surface area contributed by atoms with E-state index in [-0.39, 0.29) is 31.1 Å². The molecule has 4 heterocycles. The normalized spacial score (nSPS) is 14.6. The zero-order chi connectivity index (χ0) is 32.0. The highest BCUT2D eigenvalue weighted by Crippen LogP contribution is 2.41. The summed E-state index contributed by atoms with van der Waals surface area (Å²) >= 11 is 1.35. The predicted octanol–water partition coefficient (Wildman–Crippen LogP) is 3.03. The summed E-state index contributed by atoms with van der Waals surface area (Å²) in [4.78, 5) is 35.9. The van der Waals surface area contributed by atoms with Crippen molar-refractivity contribution in [2.75, 3.05) is 35.5 Å². The number of primary amides is 1. The van der Waals surface area contributed by atoms with Gasteiger partial charge in [-0.1, -0.05) is 23.5 Å². The Morgan fingerprint density at radius 3 is 2.60 bits per heavy atom. The van der Waals surface area contributed by atoms with Crippen molar-refractivity contribution in [2.45, 2.75) is 18.8 Å². The van der Waals surface area contributed by atoms with Crippen LogP contribution in [0.3, 0.4) is 0 Å². The summed E-state index contributed by atoms with van der Waals surface area (Å²) < 4.78 is 57.2. The molecule has 0 bridgehead atoms. The number of sulfonamides is 1. The molecule has 4 N–H and O–H groups in total. The van der Waals surface area contributed by atoms with E-state index in [1.54, 1.807) is 23.9 Å². The molecule has 1 saturated heterocycles. The third kappa shape index (κ3) is 6.42. The van der Waals surface area contributed by atoms with E-state index < -0.39 is 33.5 Å². The van der Waals surface area contributed by atoms with Gasteiger partial charge in [-0.15, -0.1) is 0 Å². The maximum absolute atomic E-state index is 14.2. The summed E-state index contributed by atoms with van der Waals surface area (Å²) in [5.41, 5.74) is 8.56. The van der Waals surface area contributed by atoms with Gasteiger partial charge in [0, 0.05) is 55.1 Å². The van der Waals surface area contributed by atoms with Crippen LogP contribution in [0, 0.1) is 11.6 Å². The predicted molar refractivity (Wildman–Crippen MR) is 167 cm³/mol. The minimum atomic E-state index is -3.64. The summed E-state index contributed by atoms with van der Waals surface area (Å²) in [7, 11) is -1.97. The Morgan fingerprint density at radius 1 is 1.16 bits per heavy atom. The summed E-state index contributed by atoms with van der Waals surface area (Å²) in [6, 6.07) is 10.3. The van der Waals surface area contributed by atoms with E-state index in [4.69, 9.17) is 15.7 Å². The number of pyridine rings is 1. The molecule has 0 aliphatic carbocycles. The van der Waals surface area contributed by atoms with E-state index >= 15 is 0 Å². The highest BCUT2D eigenvalue weighted by molar-refractivity contribution is 7.92. The average Bonchev–Trinajstić information content (AvgIpc) is 3.50. The van der Waals surface area contributed by atoms with Crippen molar-refractivity contribution in [3.63, 3.8) is 0 Å². The first-order valence-corrected chi connectivity index (χ1v) is 16.6. The molecule has 1 fully saturated rings. The van der Waals surface area contributed by atoms with Crippen molar-refractivity contribution in [3.8, 4) is 11.1 Å². The van der Waals surface area contributed by atoms with Crippen molar-refractivity contribution in [1.82, 2.24) is 25.1 Å². The Bertz CT molecular complexity index is 2080. The van der Waals surface area contributed by atoms with Gasteiger partial charge in [0.15, 0.2) is 16.6 Å². The van der Waals surface area contributed by atoms with Gasteiger partial charge in [-0.3, -0.25) is 19.0 Å². The second kappa shape index (κ2) is 11.7. The highest BCUT2D eigenvalue weighted by atomic mass is 32.2. The van der Waals surface area contributed by atoms with Crippen LogP contribution in [-0.4, -0.2) is 65.9 Å². The molecule has 2 amide bonds. The van der Waals surface area contributed by atoms with Crippen molar-refractivity contribution < 1.29 is 26.8 Å². The van der Waals surface area contributed by atoms with Gasteiger partial charge in [-0.2, -0.15) is 10.1 Å². The third-order valence-electron chi connectivity index (χ3n) is 7.39. The first-order chi connectivity index (χ1) is 21.3. The number of piperazine rings is 1. The maximum Gasteiger partial charge on any atom is 0.239 e. The van der Waals surface area contributed by atoms with E-state index in [9.17, 15) is 26.8 Å². The number of halogens is 2. The molecule has 1 aliphatic heterocycles. The van der Waals surface area contributed by atoms with E-state index in [2.05, 4.69) is 15.1 Å². The van der Waals surface area contributed by atoms with Gasteiger partial charge in [-0.05, 0) is 36.2 Å². The molecule has 12 nitrogen and oxygen atoms in total. The fourth-order valence-electron chi connectivity index (χ4n) is 5.66. The zero-order valence-electron chi connectivity index (χ0n) is 24.2. The van der Waals surface area contributed by atoms with Crippen LogP contribution in [0.1, 0.15) is 23.6 Å². The van der Waals surface area contributed by atoms with Gasteiger partial charge in [0.25, 0.3) is 0 Å². The smallest absolute Gasteiger partial charge is 0.239 e. The minimum absolute atomic E-state index is 0.0364. The number of aryl methyl sites for hydroxylation is 1. The molecule has 3 aromatic heterocycles. The quantitative estimate of drug-likeness (QED) is 0.218. The van der Waals surface area contributed by atoms with Gasteiger partial charge in [-0.25, -0.2) is 22.2 Å². The lowest BCUT2D eigenvalue weighted by Gasteiger charge is -2.25. The fourth-order valence-corrected chi connectivity index (χ4v) is 7.13. The maximum atomic E-state index is 14.2. The van der Waals surface area contributed by atoms with Crippen LogP contribution in [0.4, 0.5) is 19.7 Å². The molecular weight excluding hydrogens is 627 g/mol. The molecule has 0 unspecified atom stereocenters. The fraction of sp³-hybridized carbons (Fsp3) is 0.276. The number of nitrogens with one attached hydrogen (secondary N) is 2. The SMILES string of the molecule is Cn1nc(NS(C)(=O)=O)c2cccc(-c3cc4sc(N5CCNC(=O)C5)nc4nc3[C@H](CC(N)=O)Cc3cc(F)cc(F)c3)c21. The number of nitrogens with zero attached hydrogens (tertiary/aromatic N) is 5. The first-order valence-electron chi connectivity index (χ1n) is 13.8. The van der Waals surface area contributed by atoms with Crippen molar-refractivity contribution >= 4 is 65.4 Å². The minimum Gasteiger partial charge on any atom is -0.370 e. The molecule has 0 spiro atoms. The van der Waals surface area contributed by atoms with Crippen LogP contribution >= 0.6 is 11.3 Å². The molecule has 45 heavy (non-hydrogen) atoms. The summed E-state index contributed by atoms with van der Waals surface area (Å²) in [6.07, 6.45) is 0.883. The Balaban J connectivity index is 1.58. The van der Waals surface area contributed by atoms with E-state index in [1.165, 1.54) is 23.5 Å². The third-order valence-corrected chi connectivity index (χ3v) is 9.00. The molecule has 0 saturated carbocycles. The highest BCUT2D eigenvalue weighted by Gasteiger charge is 2.27. The number of carbonyl (C=O) groups is 2. The van der Waals surface area contributed by atoms with Crippen molar-refractivity contribution in [3.05, 3.63) is 65.4 Å². The average molecular weight is 655 g/mol. The number of fused-ring (bicyclic) bond motifs is 2. The number of carbonyl (C=O) groups excluding carboxylic acids is 2. The lowest BCUT2D eigenvalue weighted by atomic mass is 9.87. The van der Waals surface area contributed by atoms with Gasteiger partial charge in [0.05, 0.1) is 28.7 Å². The number of hydrogen-bond acceptors (Lipinski definition) is 9. The first kappa shape index (κ1) is 30.3. The number of aromatic nitrogens is 4. The molecule has 234 valence electrons. The topological polar surface area (TPSA) is 165 Å². The van der Waals surface area contributed by atoms with Crippen LogP contribution < -0.4 is 20.7 Å². The molecular formula is C29H28F2N8O4S2. The zero-order valence-corrected chi connectivity index (χ0v) is 25.8. The van der Waals surface area contributed by atoms with E-state index in [0.29, 0.717) is 61.9 Å². The van der Waals surface area contributed by atoms with Crippen LogP contribution in [-0.2, 0) is 33.1 Å². The molecule has 0 radical (unpaired) electrons. The van der Waals surface area contributed by atoms with Crippen LogP contribution in [0.5, 0.6) is 0 Å². The van der Waals surface area contributed by atoms with Crippen LogP contribution in [0.25, 0.3) is 32.4 Å². The molecule has 16 heteroatoms. The summed E-state index contributed by atoms with van der Waals surface area (Å²) in [6.45, 7) is 1.17. The second-order valence-electron chi connectivity index (χ2n) is 10.9. The molecule has 1 atom stereocenters. The molecule has 2 aromatic carbocycles. The van der Waals surface area contributed by atoms with Crippen molar-refractivity contribution in [1.29, 1.82) is 0 Å². The molecule has 5 aromatic rings. The number of rotatable bonds is 9. The number of thiazole rings is 1. The number of nitrogens with two attached hydrogens (primary N) is 1. The van der Waals surface area contributed by atoms with Gasteiger partial charge in [0.2, 0.25) is 21.8 Å². The van der Waals surface area contributed by atoms with Crippen LogP contribution in [0.15, 0.2) is 42.5 Å². The Kier molecular flexibility index (Phi) is 7.86. The van der Waals surface area contributed by atoms with E-state index in [0.717, 1.165) is 12.3 Å². The molecule has 1 aliphatic rings. The number of hydrogen-bond donors (Lipinski definition) is 3. The number of anilines is 2. The van der Waals surface area contributed by atoms with Gasteiger partial charge >= 0.3 is 0 Å². The van der Waals surface area contributed by atoms with E-state index in [1.807, 2.05) is 17.0 Å².